The average Bonchev–Trinajstić information content (AvgIpc) is 2.39. The molecule has 4 nitrogen and oxygen atoms in total. The molecule has 0 radical (unpaired) electrons. The highest BCUT2D eigenvalue weighted by Gasteiger charge is 2.37. The Labute approximate surface area is 121 Å². The van der Waals surface area contributed by atoms with E-state index in [0.717, 1.165) is 37.7 Å². The Hall–Kier alpha value is 0.220. The van der Waals surface area contributed by atoms with Gasteiger partial charge in [-0.05, 0) is 24.8 Å². The van der Waals surface area contributed by atoms with Crippen LogP contribution in [0.3, 0.4) is 0 Å². The third kappa shape index (κ3) is 3.86. The molecule has 1 N–H and O–H groups in total. The Kier molecular flexibility index (Phi) is 5.20. The van der Waals surface area contributed by atoms with Gasteiger partial charge in [-0.3, -0.25) is 4.90 Å². The van der Waals surface area contributed by atoms with Gasteiger partial charge in [-0.1, -0.05) is 13.8 Å². The summed E-state index contributed by atoms with van der Waals surface area (Å²) in [7, 11) is -2.96. The van der Waals surface area contributed by atoms with Crippen LogP contribution >= 0.6 is 11.8 Å². The monoisotopic (exact) mass is 306 g/mol. The molecule has 0 aromatic carbocycles. The number of hydrogen-bond donors (Lipinski definition) is 1. The van der Waals surface area contributed by atoms with Gasteiger partial charge in [0.25, 0.3) is 0 Å². The zero-order chi connectivity index (χ0) is 13.9. The van der Waals surface area contributed by atoms with Crippen LogP contribution in [0.2, 0.25) is 0 Å². The SMILES string of the molecule is CCS(=O)(=O)C1CSCCN1CC1(C)CCCNC1. The number of nitrogens with zero attached hydrogens (tertiary/aromatic N) is 1. The van der Waals surface area contributed by atoms with Crippen molar-refractivity contribution in [3.05, 3.63) is 0 Å². The maximum Gasteiger partial charge on any atom is 0.166 e. The van der Waals surface area contributed by atoms with Crippen molar-refractivity contribution in [2.75, 3.05) is 43.4 Å². The predicted molar refractivity (Wildman–Crippen MR) is 82.4 cm³/mol. The summed E-state index contributed by atoms with van der Waals surface area (Å²) in [5, 5.41) is 3.18. The van der Waals surface area contributed by atoms with Crippen molar-refractivity contribution < 1.29 is 8.42 Å². The molecule has 2 heterocycles. The molecular formula is C13H26N2O2S2. The maximum atomic E-state index is 12.2. The molecule has 2 aliphatic heterocycles. The van der Waals surface area contributed by atoms with Gasteiger partial charge in [0.1, 0.15) is 5.37 Å². The van der Waals surface area contributed by atoms with E-state index in [-0.39, 0.29) is 16.5 Å². The molecule has 112 valence electrons. The molecule has 0 aliphatic carbocycles. The summed E-state index contributed by atoms with van der Waals surface area (Å²) >= 11 is 1.77. The minimum atomic E-state index is -2.96. The molecule has 6 heteroatoms. The van der Waals surface area contributed by atoms with Gasteiger partial charge in [0, 0.05) is 36.9 Å². The van der Waals surface area contributed by atoms with Crippen molar-refractivity contribution in [1.82, 2.24) is 10.2 Å². The van der Waals surface area contributed by atoms with Gasteiger partial charge < -0.3 is 5.32 Å². The normalized spacial score (nSPS) is 34.3. The standard InChI is InChI=1S/C13H26N2O2S2/c1-3-19(16,17)12-9-18-8-7-15(12)11-13(2)5-4-6-14-10-13/h12,14H,3-11H2,1-2H3. The first-order valence-electron chi connectivity index (χ1n) is 7.21. The van der Waals surface area contributed by atoms with Gasteiger partial charge in [0.2, 0.25) is 0 Å². The zero-order valence-corrected chi connectivity index (χ0v) is 13.7. The molecule has 0 aromatic rings. The Morgan fingerprint density at radius 1 is 1.47 bits per heavy atom. The van der Waals surface area contributed by atoms with Crippen LogP contribution in [0.15, 0.2) is 0 Å². The Balaban J connectivity index is 2.07. The van der Waals surface area contributed by atoms with E-state index >= 15 is 0 Å². The van der Waals surface area contributed by atoms with Gasteiger partial charge >= 0.3 is 0 Å². The van der Waals surface area contributed by atoms with E-state index in [1.165, 1.54) is 12.8 Å². The molecule has 2 atom stereocenters. The van der Waals surface area contributed by atoms with Crippen LogP contribution in [0.25, 0.3) is 0 Å². The third-order valence-electron chi connectivity index (χ3n) is 4.28. The lowest BCUT2D eigenvalue weighted by Gasteiger charge is -2.43. The van der Waals surface area contributed by atoms with E-state index in [4.69, 9.17) is 0 Å². The number of hydrogen-bond acceptors (Lipinski definition) is 5. The fourth-order valence-electron chi connectivity index (χ4n) is 3.06. The molecule has 2 fully saturated rings. The Morgan fingerprint density at radius 3 is 2.89 bits per heavy atom. The second-order valence-corrected chi connectivity index (χ2v) is 9.64. The number of rotatable bonds is 4. The molecule has 0 bridgehead atoms. The van der Waals surface area contributed by atoms with Crippen LogP contribution in [0.1, 0.15) is 26.7 Å². The summed E-state index contributed by atoms with van der Waals surface area (Å²) in [4.78, 5) is 2.22. The summed E-state index contributed by atoms with van der Waals surface area (Å²) in [6.45, 7) is 7.97. The fourth-order valence-corrected chi connectivity index (χ4v) is 6.14. The number of sulfone groups is 1. The van der Waals surface area contributed by atoms with E-state index in [2.05, 4.69) is 17.1 Å². The molecular weight excluding hydrogens is 280 g/mol. The number of piperidine rings is 1. The Bertz CT molecular complexity index is 391. The van der Waals surface area contributed by atoms with Crippen molar-refractivity contribution in [2.24, 2.45) is 5.41 Å². The first-order chi connectivity index (χ1) is 8.97. The molecule has 2 saturated heterocycles. The maximum absolute atomic E-state index is 12.2. The topological polar surface area (TPSA) is 49.4 Å². The van der Waals surface area contributed by atoms with Crippen molar-refractivity contribution in [3.63, 3.8) is 0 Å². The van der Waals surface area contributed by atoms with Crippen molar-refractivity contribution in [1.29, 1.82) is 0 Å². The highest BCUT2D eigenvalue weighted by Crippen LogP contribution is 2.30. The molecule has 0 amide bonds. The number of nitrogens with one attached hydrogen (secondary N) is 1. The average molecular weight is 306 g/mol. The smallest absolute Gasteiger partial charge is 0.166 e. The highest BCUT2D eigenvalue weighted by atomic mass is 32.2. The molecule has 19 heavy (non-hydrogen) atoms. The van der Waals surface area contributed by atoms with E-state index in [0.29, 0.717) is 0 Å². The lowest BCUT2D eigenvalue weighted by atomic mass is 9.82. The van der Waals surface area contributed by atoms with Crippen LogP contribution in [-0.2, 0) is 9.84 Å². The van der Waals surface area contributed by atoms with Gasteiger partial charge in [-0.15, -0.1) is 0 Å². The van der Waals surface area contributed by atoms with Crippen molar-refractivity contribution >= 4 is 21.6 Å². The second-order valence-electron chi connectivity index (χ2n) is 6.04. The van der Waals surface area contributed by atoms with Gasteiger partial charge in [-0.2, -0.15) is 11.8 Å². The van der Waals surface area contributed by atoms with Crippen LogP contribution in [0.4, 0.5) is 0 Å². The summed E-state index contributed by atoms with van der Waals surface area (Å²) in [5.41, 5.74) is 0.224. The highest BCUT2D eigenvalue weighted by molar-refractivity contribution is 8.01. The van der Waals surface area contributed by atoms with Gasteiger partial charge in [0.15, 0.2) is 9.84 Å². The largest absolute Gasteiger partial charge is 0.316 e. The van der Waals surface area contributed by atoms with E-state index < -0.39 is 9.84 Å². The first-order valence-corrected chi connectivity index (χ1v) is 10.1. The summed E-state index contributed by atoms with van der Waals surface area (Å²) < 4.78 is 24.5. The van der Waals surface area contributed by atoms with Crippen LogP contribution in [-0.4, -0.2) is 62.1 Å². The lowest BCUT2D eigenvalue weighted by molar-refractivity contribution is 0.130. The van der Waals surface area contributed by atoms with E-state index in [9.17, 15) is 8.42 Å². The minimum Gasteiger partial charge on any atom is -0.316 e. The second kappa shape index (κ2) is 6.33. The molecule has 0 spiro atoms. The molecule has 2 rings (SSSR count). The van der Waals surface area contributed by atoms with Crippen molar-refractivity contribution in [2.45, 2.75) is 32.1 Å². The Morgan fingerprint density at radius 2 is 2.26 bits per heavy atom. The summed E-state index contributed by atoms with van der Waals surface area (Å²) in [6.07, 6.45) is 2.40. The fraction of sp³-hybridized carbons (Fsp3) is 1.00. The van der Waals surface area contributed by atoms with Crippen molar-refractivity contribution in [3.8, 4) is 0 Å². The molecule has 0 aromatic heterocycles. The molecule has 2 unspecified atom stereocenters. The number of thioether (sulfide) groups is 1. The lowest BCUT2D eigenvalue weighted by Crippen LogP contribution is -2.54. The molecule has 0 saturated carbocycles. The quantitative estimate of drug-likeness (QED) is 0.845. The molecule has 2 aliphatic rings. The van der Waals surface area contributed by atoms with Gasteiger partial charge in [-0.25, -0.2) is 8.42 Å². The van der Waals surface area contributed by atoms with Gasteiger partial charge in [0.05, 0.1) is 0 Å². The zero-order valence-electron chi connectivity index (χ0n) is 12.0. The van der Waals surface area contributed by atoms with Crippen LogP contribution in [0.5, 0.6) is 0 Å². The summed E-state index contributed by atoms with van der Waals surface area (Å²) in [5.74, 6) is 2.04. The van der Waals surface area contributed by atoms with E-state index in [1.54, 1.807) is 18.7 Å². The van der Waals surface area contributed by atoms with Crippen LogP contribution < -0.4 is 5.32 Å². The summed E-state index contributed by atoms with van der Waals surface area (Å²) in [6, 6.07) is 0. The minimum absolute atomic E-state index is 0.224. The first kappa shape index (κ1) is 15.6. The van der Waals surface area contributed by atoms with Crippen LogP contribution in [0, 0.1) is 5.41 Å². The van der Waals surface area contributed by atoms with E-state index in [1.807, 2.05) is 0 Å². The third-order valence-corrected chi connectivity index (χ3v) is 7.61. The predicted octanol–water partition coefficient (Wildman–Crippen LogP) is 1.19.